The Kier molecular flexibility index (Phi) is 5.53. The molecule has 2 atom stereocenters. The fourth-order valence-corrected chi connectivity index (χ4v) is 1.75. The van der Waals surface area contributed by atoms with E-state index < -0.39 is 6.10 Å². The highest BCUT2D eigenvalue weighted by atomic mass is 16.3. The molecule has 19 heavy (non-hydrogen) atoms. The van der Waals surface area contributed by atoms with Gasteiger partial charge in [-0.2, -0.15) is 5.26 Å². The van der Waals surface area contributed by atoms with Gasteiger partial charge in [0.25, 0.3) is 0 Å². The number of rotatable bonds is 6. The standard InChI is InChI=1S/C15H20N2O2/c1-4-10(2)15(19)9-17-14-7-12(8-16)5-6-13(14)11(3)18/h5-7,10,15,17,19H,4,9H2,1-3H3. The third-order valence-electron chi connectivity index (χ3n) is 3.33. The maximum atomic E-state index is 11.5. The van der Waals surface area contributed by atoms with Crippen LogP contribution in [0.4, 0.5) is 5.69 Å². The monoisotopic (exact) mass is 260 g/mol. The predicted molar refractivity (Wildman–Crippen MR) is 75.1 cm³/mol. The molecule has 1 rings (SSSR count). The van der Waals surface area contributed by atoms with Crippen molar-refractivity contribution in [3.8, 4) is 6.07 Å². The summed E-state index contributed by atoms with van der Waals surface area (Å²) in [5.41, 5.74) is 1.63. The van der Waals surface area contributed by atoms with Crippen molar-refractivity contribution in [2.45, 2.75) is 33.3 Å². The van der Waals surface area contributed by atoms with E-state index in [0.29, 0.717) is 23.4 Å². The van der Waals surface area contributed by atoms with Crippen LogP contribution >= 0.6 is 0 Å². The Bertz CT molecular complexity index is 491. The number of Topliss-reactive ketones (excluding diaryl/α,β-unsaturated/α-hetero) is 1. The van der Waals surface area contributed by atoms with Gasteiger partial charge in [-0.15, -0.1) is 0 Å². The first-order valence-corrected chi connectivity index (χ1v) is 6.46. The molecule has 102 valence electrons. The van der Waals surface area contributed by atoms with E-state index in [9.17, 15) is 9.90 Å². The van der Waals surface area contributed by atoms with Gasteiger partial charge >= 0.3 is 0 Å². The number of carbonyl (C=O) groups excluding carboxylic acids is 1. The van der Waals surface area contributed by atoms with Gasteiger partial charge in [0.1, 0.15) is 0 Å². The number of aliphatic hydroxyl groups excluding tert-OH is 1. The summed E-state index contributed by atoms with van der Waals surface area (Å²) in [6.45, 7) is 5.84. The largest absolute Gasteiger partial charge is 0.391 e. The zero-order valence-electron chi connectivity index (χ0n) is 11.6. The Morgan fingerprint density at radius 1 is 1.53 bits per heavy atom. The van der Waals surface area contributed by atoms with Crippen LogP contribution in [0.2, 0.25) is 0 Å². The van der Waals surface area contributed by atoms with Crippen LogP contribution in [0, 0.1) is 17.2 Å². The van der Waals surface area contributed by atoms with Crippen LogP contribution < -0.4 is 5.32 Å². The first-order valence-electron chi connectivity index (χ1n) is 6.46. The molecule has 0 saturated carbocycles. The second kappa shape index (κ2) is 6.91. The summed E-state index contributed by atoms with van der Waals surface area (Å²) >= 11 is 0. The van der Waals surface area contributed by atoms with Gasteiger partial charge in [0, 0.05) is 17.8 Å². The summed E-state index contributed by atoms with van der Waals surface area (Å²) in [5, 5.41) is 21.9. The SMILES string of the molecule is CCC(C)C(O)CNc1cc(C#N)ccc1C(C)=O. The molecule has 0 aromatic heterocycles. The van der Waals surface area contributed by atoms with E-state index in [4.69, 9.17) is 5.26 Å². The van der Waals surface area contributed by atoms with Crippen molar-refractivity contribution < 1.29 is 9.90 Å². The fraction of sp³-hybridized carbons (Fsp3) is 0.467. The van der Waals surface area contributed by atoms with Gasteiger partial charge in [0.2, 0.25) is 0 Å². The van der Waals surface area contributed by atoms with Crippen molar-refractivity contribution in [3.63, 3.8) is 0 Å². The van der Waals surface area contributed by atoms with Crippen molar-refractivity contribution in [1.29, 1.82) is 5.26 Å². The quantitative estimate of drug-likeness (QED) is 0.771. The highest BCUT2D eigenvalue weighted by Gasteiger charge is 2.14. The molecule has 4 nitrogen and oxygen atoms in total. The minimum Gasteiger partial charge on any atom is -0.391 e. The molecule has 0 heterocycles. The smallest absolute Gasteiger partial charge is 0.161 e. The van der Waals surface area contributed by atoms with Crippen molar-refractivity contribution in [2.75, 3.05) is 11.9 Å². The van der Waals surface area contributed by atoms with Crippen molar-refractivity contribution in [3.05, 3.63) is 29.3 Å². The molecular weight excluding hydrogens is 240 g/mol. The summed E-state index contributed by atoms with van der Waals surface area (Å²) in [7, 11) is 0. The second-order valence-corrected chi connectivity index (χ2v) is 4.76. The highest BCUT2D eigenvalue weighted by molar-refractivity contribution is 5.99. The fourth-order valence-electron chi connectivity index (χ4n) is 1.75. The molecule has 0 aliphatic carbocycles. The van der Waals surface area contributed by atoms with Gasteiger partial charge in [-0.25, -0.2) is 0 Å². The lowest BCUT2D eigenvalue weighted by Crippen LogP contribution is -2.26. The van der Waals surface area contributed by atoms with Gasteiger partial charge in [-0.3, -0.25) is 4.79 Å². The first-order chi connectivity index (χ1) is 8.99. The molecule has 0 radical (unpaired) electrons. The van der Waals surface area contributed by atoms with E-state index in [1.165, 1.54) is 6.92 Å². The first kappa shape index (κ1) is 15.2. The Morgan fingerprint density at radius 3 is 2.74 bits per heavy atom. The number of aliphatic hydroxyl groups is 1. The Hall–Kier alpha value is -1.86. The molecule has 2 N–H and O–H groups in total. The Labute approximate surface area is 114 Å². The number of hydrogen-bond acceptors (Lipinski definition) is 4. The number of nitriles is 1. The van der Waals surface area contributed by atoms with E-state index >= 15 is 0 Å². The molecule has 0 aliphatic rings. The summed E-state index contributed by atoms with van der Waals surface area (Å²) in [5.74, 6) is 0.123. The van der Waals surface area contributed by atoms with Gasteiger partial charge < -0.3 is 10.4 Å². The second-order valence-electron chi connectivity index (χ2n) is 4.76. The number of benzene rings is 1. The highest BCUT2D eigenvalue weighted by Crippen LogP contribution is 2.19. The maximum Gasteiger partial charge on any atom is 0.161 e. The summed E-state index contributed by atoms with van der Waals surface area (Å²) in [4.78, 5) is 11.5. The number of nitrogens with zero attached hydrogens (tertiary/aromatic N) is 1. The Morgan fingerprint density at radius 2 is 2.21 bits per heavy atom. The summed E-state index contributed by atoms with van der Waals surface area (Å²) in [6.07, 6.45) is 0.413. The number of nitrogens with one attached hydrogen (secondary N) is 1. The molecule has 0 spiro atoms. The zero-order valence-corrected chi connectivity index (χ0v) is 11.6. The topological polar surface area (TPSA) is 73.1 Å². The minimum atomic E-state index is -0.476. The van der Waals surface area contributed by atoms with Gasteiger partial charge in [0.05, 0.1) is 17.7 Å². The van der Waals surface area contributed by atoms with Gasteiger partial charge in [-0.05, 0) is 31.0 Å². The lowest BCUT2D eigenvalue weighted by Gasteiger charge is -2.19. The molecule has 1 aromatic rings. The number of hydrogen-bond donors (Lipinski definition) is 2. The molecule has 0 aliphatic heterocycles. The van der Waals surface area contributed by atoms with Crippen molar-refractivity contribution in [2.24, 2.45) is 5.92 Å². The van der Waals surface area contributed by atoms with Crippen LogP contribution in [0.25, 0.3) is 0 Å². The van der Waals surface area contributed by atoms with E-state index in [-0.39, 0.29) is 11.7 Å². The van der Waals surface area contributed by atoms with Crippen molar-refractivity contribution >= 4 is 11.5 Å². The average Bonchev–Trinajstić information content (AvgIpc) is 2.43. The minimum absolute atomic E-state index is 0.0648. The van der Waals surface area contributed by atoms with Crippen LogP contribution in [-0.4, -0.2) is 23.5 Å². The molecule has 1 aromatic carbocycles. The van der Waals surface area contributed by atoms with Crippen LogP contribution in [0.5, 0.6) is 0 Å². The average molecular weight is 260 g/mol. The molecule has 0 saturated heterocycles. The number of anilines is 1. The molecular formula is C15H20N2O2. The molecule has 0 fully saturated rings. The Balaban J connectivity index is 2.87. The number of carbonyl (C=O) groups is 1. The summed E-state index contributed by atoms with van der Waals surface area (Å²) in [6, 6.07) is 6.94. The van der Waals surface area contributed by atoms with E-state index in [2.05, 4.69) is 5.32 Å². The molecule has 0 bridgehead atoms. The molecule has 2 unspecified atom stereocenters. The third-order valence-corrected chi connectivity index (χ3v) is 3.33. The van der Waals surface area contributed by atoms with Crippen LogP contribution in [0.3, 0.4) is 0 Å². The van der Waals surface area contributed by atoms with E-state index in [0.717, 1.165) is 6.42 Å². The van der Waals surface area contributed by atoms with Gasteiger partial charge in [-0.1, -0.05) is 20.3 Å². The summed E-state index contributed by atoms with van der Waals surface area (Å²) < 4.78 is 0. The van der Waals surface area contributed by atoms with E-state index in [1.54, 1.807) is 18.2 Å². The van der Waals surface area contributed by atoms with Crippen LogP contribution in [0.15, 0.2) is 18.2 Å². The maximum absolute atomic E-state index is 11.5. The van der Waals surface area contributed by atoms with E-state index in [1.807, 2.05) is 19.9 Å². The van der Waals surface area contributed by atoms with Crippen molar-refractivity contribution in [1.82, 2.24) is 0 Å². The third kappa shape index (κ3) is 4.08. The molecule has 4 heteroatoms. The van der Waals surface area contributed by atoms with Crippen LogP contribution in [-0.2, 0) is 0 Å². The van der Waals surface area contributed by atoms with Crippen LogP contribution in [0.1, 0.15) is 43.1 Å². The normalized spacial score (nSPS) is 13.4. The number of ketones is 1. The zero-order chi connectivity index (χ0) is 14.4. The molecule has 0 amide bonds. The lowest BCUT2D eigenvalue weighted by atomic mass is 10.0. The van der Waals surface area contributed by atoms with Gasteiger partial charge in [0.15, 0.2) is 5.78 Å². The predicted octanol–water partition coefficient (Wildman–Crippen LogP) is 2.58. The lowest BCUT2D eigenvalue weighted by molar-refractivity contribution is 0.101.